The van der Waals surface area contributed by atoms with Gasteiger partial charge >= 0.3 is 5.97 Å². The van der Waals surface area contributed by atoms with Crippen LogP contribution in [0.1, 0.15) is 26.2 Å². The Balaban J connectivity index is 1.95. The summed E-state index contributed by atoms with van der Waals surface area (Å²) in [6.45, 7) is 2.47. The molecule has 2 rings (SSSR count). The van der Waals surface area contributed by atoms with Crippen LogP contribution in [-0.4, -0.2) is 23.6 Å². The van der Waals surface area contributed by atoms with Gasteiger partial charge in [-0.05, 0) is 38.3 Å². The summed E-state index contributed by atoms with van der Waals surface area (Å²) in [6, 6.07) is 7.21. The first-order chi connectivity index (χ1) is 9.60. The van der Waals surface area contributed by atoms with Crippen LogP contribution in [0.4, 0.5) is 5.69 Å². The Kier molecular flexibility index (Phi) is 4.61. The van der Waals surface area contributed by atoms with E-state index >= 15 is 0 Å². The van der Waals surface area contributed by atoms with E-state index in [2.05, 4.69) is 5.32 Å². The third-order valence-corrected chi connectivity index (χ3v) is 3.57. The van der Waals surface area contributed by atoms with Crippen LogP contribution in [0.15, 0.2) is 24.3 Å². The van der Waals surface area contributed by atoms with Crippen LogP contribution in [0.25, 0.3) is 0 Å². The van der Waals surface area contributed by atoms with E-state index in [9.17, 15) is 9.59 Å². The molecule has 20 heavy (non-hydrogen) atoms. The van der Waals surface area contributed by atoms with E-state index < -0.39 is 5.97 Å². The minimum absolute atomic E-state index is 0.109. The Morgan fingerprint density at radius 3 is 2.75 bits per heavy atom. The number of rotatable bonds is 5. The third kappa shape index (κ3) is 3.50. The predicted octanol–water partition coefficient (Wildman–Crippen LogP) is 2.52. The number of carboxylic acid groups (broad SMARTS) is 1. The van der Waals surface area contributed by atoms with Crippen molar-refractivity contribution in [1.29, 1.82) is 0 Å². The topological polar surface area (TPSA) is 75.6 Å². The summed E-state index contributed by atoms with van der Waals surface area (Å²) in [6.07, 6.45) is 1.63. The van der Waals surface area contributed by atoms with Gasteiger partial charge in [0.1, 0.15) is 5.75 Å². The quantitative estimate of drug-likeness (QED) is 0.867. The molecule has 1 saturated carbocycles. The first kappa shape index (κ1) is 14.4. The summed E-state index contributed by atoms with van der Waals surface area (Å²) >= 11 is 0. The molecule has 0 unspecified atom stereocenters. The van der Waals surface area contributed by atoms with Gasteiger partial charge in [-0.25, -0.2) is 0 Å². The van der Waals surface area contributed by atoms with Crippen LogP contribution in [0.5, 0.6) is 5.75 Å². The van der Waals surface area contributed by atoms with Gasteiger partial charge < -0.3 is 15.2 Å². The summed E-state index contributed by atoms with van der Waals surface area (Å²) < 4.78 is 5.37. The van der Waals surface area contributed by atoms with Crippen molar-refractivity contribution in [3.63, 3.8) is 0 Å². The van der Waals surface area contributed by atoms with Gasteiger partial charge in [0.2, 0.25) is 5.91 Å². The molecule has 108 valence electrons. The summed E-state index contributed by atoms with van der Waals surface area (Å²) in [4.78, 5) is 23.0. The van der Waals surface area contributed by atoms with Crippen molar-refractivity contribution in [2.24, 2.45) is 11.8 Å². The fourth-order valence-electron chi connectivity index (χ4n) is 2.52. The molecule has 1 aliphatic rings. The summed E-state index contributed by atoms with van der Waals surface area (Å²) in [5, 5.41) is 11.8. The predicted molar refractivity (Wildman–Crippen MR) is 74.7 cm³/mol. The molecular formula is C15H19NO4. The Labute approximate surface area is 117 Å². The van der Waals surface area contributed by atoms with Crippen molar-refractivity contribution in [2.45, 2.75) is 26.2 Å². The number of carboxylic acids is 1. The number of amides is 1. The molecule has 2 atom stereocenters. The molecule has 1 aliphatic carbocycles. The third-order valence-electron chi connectivity index (χ3n) is 3.57. The summed E-state index contributed by atoms with van der Waals surface area (Å²) in [5.41, 5.74) is 0.680. The van der Waals surface area contributed by atoms with Gasteiger partial charge in [0.25, 0.3) is 0 Å². The molecule has 1 aromatic rings. The summed E-state index contributed by atoms with van der Waals surface area (Å²) in [7, 11) is 0. The second-order valence-corrected chi connectivity index (χ2v) is 5.00. The number of anilines is 1. The number of ether oxygens (including phenoxy) is 1. The molecule has 1 fully saturated rings. The number of aliphatic carboxylic acids is 1. The molecule has 0 saturated heterocycles. The Morgan fingerprint density at radius 1 is 1.35 bits per heavy atom. The van der Waals surface area contributed by atoms with Crippen molar-refractivity contribution >= 4 is 17.6 Å². The van der Waals surface area contributed by atoms with Gasteiger partial charge in [-0.2, -0.15) is 0 Å². The monoisotopic (exact) mass is 277 g/mol. The SMILES string of the molecule is CCOc1cccc(NC(=O)[C@@H]2CC[C@H](C(=O)O)C2)c1. The van der Waals surface area contributed by atoms with Gasteiger partial charge in [-0.15, -0.1) is 0 Å². The molecule has 1 aromatic carbocycles. The number of carbonyl (C=O) groups excluding carboxylic acids is 1. The van der Waals surface area contributed by atoms with Crippen LogP contribution in [-0.2, 0) is 9.59 Å². The highest BCUT2D eigenvalue weighted by molar-refractivity contribution is 5.93. The van der Waals surface area contributed by atoms with E-state index in [1.54, 1.807) is 12.1 Å². The highest BCUT2D eigenvalue weighted by Gasteiger charge is 2.33. The van der Waals surface area contributed by atoms with E-state index in [1.807, 2.05) is 19.1 Å². The standard InChI is InChI=1S/C15H19NO4/c1-2-20-13-5-3-4-12(9-13)16-14(17)10-6-7-11(8-10)15(18)19/h3-5,9-11H,2,6-8H2,1H3,(H,16,17)(H,18,19)/t10-,11+/m1/s1. The zero-order valence-electron chi connectivity index (χ0n) is 11.5. The van der Waals surface area contributed by atoms with Crippen LogP contribution >= 0.6 is 0 Å². The highest BCUT2D eigenvalue weighted by atomic mass is 16.5. The lowest BCUT2D eigenvalue weighted by Crippen LogP contribution is -2.21. The van der Waals surface area contributed by atoms with E-state index in [1.165, 1.54) is 0 Å². The lowest BCUT2D eigenvalue weighted by atomic mass is 10.0. The van der Waals surface area contributed by atoms with Gasteiger partial charge in [0.05, 0.1) is 12.5 Å². The molecule has 1 amide bonds. The first-order valence-electron chi connectivity index (χ1n) is 6.86. The summed E-state index contributed by atoms with van der Waals surface area (Å²) in [5.74, 6) is -0.812. The molecule has 0 bridgehead atoms. The van der Waals surface area contributed by atoms with Crippen molar-refractivity contribution in [3.8, 4) is 5.75 Å². The average Bonchev–Trinajstić information content (AvgIpc) is 2.89. The molecule has 0 aliphatic heterocycles. The number of nitrogens with one attached hydrogen (secondary N) is 1. The minimum Gasteiger partial charge on any atom is -0.494 e. The molecule has 5 heteroatoms. The highest BCUT2D eigenvalue weighted by Crippen LogP contribution is 2.32. The average molecular weight is 277 g/mol. The second-order valence-electron chi connectivity index (χ2n) is 5.00. The van der Waals surface area contributed by atoms with Crippen LogP contribution in [0.2, 0.25) is 0 Å². The minimum atomic E-state index is -0.807. The van der Waals surface area contributed by atoms with Crippen molar-refractivity contribution in [2.75, 3.05) is 11.9 Å². The molecule has 0 radical (unpaired) electrons. The lowest BCUT2D eigenvalue weighted by molar-refractivity contribution is -0.141. The zero-order valence-corrected chi connectivity index (χ0v) is 11.5. The van der Waals surface area contributed by atoms with E-state index in [0.29, 0.717) is 37.3 Å². The van der Waals surface area contributed by atoms with Crippen LogP contribution in [0.3, 0.4) is 0 Å². The fraction of sp³-hybridized carbons (Fsp3) is 0.467. The molecule has 5 nitrogen and oxygen atoms in total. The number of hydrogen-bond donors (Lipinski definition) is 2. The largest absolute Gasteiger partial charge is 0.494 e. The second kappa shape index (κ2) is 6.41. The van der Waals surface area contributed by atoms with Gasteiger partial charge in [0, 0.05) is 17.7 Å². The zero-order chi connectivity index (χ0) is 14.5. The smallest absolute Gasteiger partial charge is 0.306 e. The Morgan fingerprint density at radius 2 is 2.10 bits per heavy atom. The van der Waals surface area contributed by atoms with E-state index in [-0.39, 0.29) is 17.7 Å². The first-order valence-corrected chi connectivity index (χ1v) is 6.86. The number of carbonyl (C=O) groups is 2. The van der Waals surface area contributed by atoms with Crippen LogP contribution in [0, 0.1) is 11.8 Å². The van der Waals surface area contributed by atoms with Gasteiger partial charge in [-0.3, -0.25) is 9.59 Å². The molecule has 0 aromatic heterocycles. The maximum absolute atomic E-state index is 12.1. The number of benzene rings is 1. The van der Waals surface area contributed by atoms with E-state index in [4.69, 9.17) is 9.84 Å². The normalized spacial score (nSPS) is 21.4. The maximum Gasteiger partial charge on any atom is 0.306 e. The van der Waals surface area contributed by atoms with Crippen molar-refractivity contribution in [1.82, 2.24) is 0 Å². The molecule has 0 heterocycles. The number of hydrogen-bond acceptors (Lipinski definition) is 3. The van der Waals surface area contributed by atoms with Crippen molar-refractivity contribution < 1.29 is 19.4 Å². The van der Waals surface area contributed by atoms with Crippen molar-refractivity contribution in [3.05, 3.63) is 24.3 Å². The van der Waals surface area contributed by atoms with Gasteiger partial charge in [0.15, 0.2) is 0 Å². The Hall–Kier alpha value is -2.04. The Bertz CT molecular complexity index is 500. The molecular weight excluding hydrogens is 258 g/mol. The van der Waals surface area contributed by atoms with E-state index in [0.717, 1.165) is 0 Å². The maximum atomic E-state index is 12.1. The van der Waals surface area contributed by atoms with Gasteiger partial charge in [-0.1, -0.05) is 6.07 Å². The molecule has 0 spiro atoms. The van der Waals surface area contributed by atoms with Crippen LogP contribution < -0.4 is 10.1 Å². The lowest BCUT2D eigenvalue weighted by Gasteiger charge is -2.12. The molecule has 2 N–H and O–H groups in total. The fourth-order valence-corrected chi connectivity index (χ4v) is 2.52.